The van der Waals surface area contributed by atoms with Crippen LogP contribution in [0.2, 0.25) is 0 Å². The fourth-order valence-electron chi connectivity index (χ4n) is 5.09. The molecule has 12 nitrogen and oxygen atoms in total. The summed E-state index contributed by atoms with van der Waals surface area (Å²) in [7, 11) is 3.32. The molecule has 0 atom stereocenters. The second-order valence-corrected chi connectivity index (χ2v) is 10.2. The molecule has 226 valence electrons. The van der Waals surface area contributed by atoms with E-state index in [-0.39, 0.29) is 5.56 Å². The number of methoxy groups -OCH3 is 2. The molecular weight excluding hydrogens is 550 g/mol. The van der Waals surface area contributed by atoms with E-state index >= 15 is 0 Å². The van der Waals surface area contributed by atoms with Gasteiger partial charge in [0, 0.05) is 63.8 Å². The van der Waals surface area contributed by atoms with Gasteiger partial charge in [-0.05, 0) is 61.9 Å². The number of aromatic nitrogens is 3. The van der Waals surface area contributed by atoms with Gasteiger partial charge in [-0.3, -0.25) is 4.90 Å². The highest BCUT2D eigenvalue weighted by Crippen LogP contribution is 2.36. The number of rotatable bonds is 12. The van der Waals surface area contributed by atoms with Crippen LogP contribution in [-0.4, -0.2) is 91.0 Å². The van der Waals surface area contributed by atoms with Crippen molar-refractivity contribution >= 4 is 29.3 Å². The average Bonchev–Trinajstić information content (AvgIpc) is 3.44. The Balaban J connectivity index is 1.40. The molecule has 12 heteroatoms. The summed E-state index contributed by atoms with van der Waals surface area (Å²) >= 11 is 0. The van der Waals surface area contributed by atoms with Crippen LogP contribution >= 0.6 is 0 Å². The summed E-state index contributed by atoms with van der Waals surface area (Å²) in [6, 6.07) is 13.3. The van der Waals surface area contributed by atoms with Crippen LogP contribution in [-0.2, 0) is 4.74 Å². The topological polar surface area (TPSA) is 138 Å². The lowest BCUT2D eigenvalue weighted by Crippen LogP contribution is -2.47. The summed E-state index contributed by atoms with van der Waals surface area (Å²) in [4.78, 5) is 30.4. The Labute approximate surface area is 250 Å². The first-order chi connectivity index (χ1) is 20.9. The van der Waals surface area contributed by atoms with Crippen LogP contribution in [0.3, 0.4) is 0 Å². The number of hydrogen-bond acceptors (Lipinski definition) is 11. The molecule has 0 unspecified atom stereocenters. The second kappa shape index (κ2) is 13.5. The van der Waals surface area contributed by atoms with E-state index < -0.39 is 5.97 Å². The van der Waals surface area contributed by atoms with E-state index in [2.05, 4.69) is 30.4 Å². The van der Waals surface area contributed by atoms with E-state index in [0.29, 0.717) is 59.4 Å². The van der Waals surface area contributed by atoms with Crippen molar-refractivity contribution in [1.82, 2.24) is 19.9 Å². The van der Waals surface area contributed by atoms with Crippen LogP contribution in [0.5, 0.6) is 5.75 Å². The maximum atomic E-state index is 12.3. The lowest BCUT2D eigenvalue weighted by Gasteiger charge is -2.36. The van der Waals surface area contributed by atoms with Gasteiger partial charge in [-0.15, -0.1) is 0 Å². The predicted molar refractivity (Wildman–Crippen MR) is 166 cm³/mol. The standard InChI is InChI=1S/C31H37N7O5/c1-5-32-31-36-27(21-16-20(2)17-23(18-21)42-4)28(43-31)25-8-9-33-30(35-25)34-22-6-7-26(24(19-22)29(39)40)38-12-10-37(11-13-38)14-15-41-3/h6-9,16-19H,5,10-15H2,1-4H3,(H,32,36)(H,39,40)(H,33,34,35). The number of aryl methyl sites for hydroxylation is 1. The van der Waals surface area contributed by atoms with Gasteiger partial charge in [-0.25, -0.2) is 14.8 Å². The largest absolute Gasteiger partial charge is 0.497 e. The number of carboxylic acids is 1. The Hall–Kier alpha value is -4.68. The molecule has 1 aliphatic rings. The molecule has 5 rings (SSSR count). The van der Waals surface area contributed by atoms with E-state index in [1.807, 2.05) is 44.2 Å². The van der Waals surface area contributed by atoms with Crippen molar-refractivity contribution in [2.75, 3.05) is 75.6 Å². The highest BCUT2D eigenvalue weighted by atomic mass is 16.5. The van der Waals surface area contributed by atoms with Crippen LogP contribution in [0, 0.1) is 6.92 Å². The van der Waals surface area contributed by atoms with Gasteiger partial charge in [-0.1, -0.05) is 0 Å². The molecule has 3 N–H and O–H groups in total. The van der Waals surface area contributed by atoms with Crippen LogP contribution in [0.4, 0.5) is 23.3 Å². The van der Waals surface area contributed by atoms with E-state index in [1.165, 1.54) is 0 Å². The van der Waals surface area contributed by atoms with E-state index in [0.717, 1.165) is 43.9 Å². The van der Waals surface area contributed by atoms with Crippen molar-refractivity contribution in [1.29, 1.82) is 0 Å². The first kappa shape index (κ1) is 29.8. The van der Waals surface area contributed by atoms with Gasteiger partial charge in [-0.2, -0.15) is 4.98 Å². The molecule has 43 heavy (non-hydrogen) atoms. The third kappa shape index (κ3) is 7.04. The van der Waals surface area contributed by atoms with Gasteiger partial charge >= 0.3 is 5.97 Å². The summed E-state index contributed by atoms with van der Waals surface area (Å²) < 4.78 is 16.8. The van der Waals surface area contributed by atoms with Gasteiger partial charge in [0.25, 0.3) is 6.01 Å². The zero-order valence-corrected chi connectivity index (χ0v) is 24.9. The third-order valence-corrected chi connectivity index (χ3v) is 7.21. The van der Waals surface area contributed by atoms with E-state index in [1.54, 1.807) is 32.5 Å². The van der Waals surface area contributed by atoms with E-state index in [9.17, 15) is 9.90 Å². The first-order valence-electron chi connectivity index (χ1n) is 14.2. The van der Waals surface area contributed by atoms with Gasteiger partial charge in [0.1, 0.15) is 17.1 Å². The van der Waals surface area contributed by atoms with Gasteiger partial charge in [0.15, 0.2) is 5.76 Å². The molecule has 0 spiro atoms. The Kier molecular flexibility index (Phi) is 9.38. The number of benzene rings is 2. The molecule has 0 radical (unpaired) electrons. The Bertz CT molecular complexity index is 1570. The van der Waals surface area contributed by atoms with Crippen molar-refractivity contribution in [3.63, 3.8) is 0 Å². The average molecular weight is 588 g/mol. The molecule has 1 fully saturated rings. The minimum absolute atomic E-state index is 0.215. The number of carboxylic acid groups (broad SMARTS) is 1. The van der Waals surface area contributed by atoms with Crippen molar-refractivity contribution in [2.24, 2.45) is 0 Å². The quantitative estimate of drug-likeness (QED) is 0.211. The fourth-order valence-corrected chi connectivity index (χ4v) is 5.09. The SMILES string of the molecule is CCNc1nc(-c2cc(C)cc(OC)c2)c(-c2ccnc(Nc3ccc(N4CCN(CCOC)CC4)c(C(=O)O)c3)n2)o1. The van der Waals surface area contributed by atoms with E-state index in [4.69, 9.17) is 18.9 Å². The van der Waals surface area contributed by atoms with Crippen LogP contribution < -0.4 is 20.3 Å². The zero-order chi connectivity index (χ0) is 30.3. The van der Waals surface area contributed by atoms with Gasteiger partial charge in [0.2, 0.25) is 5.95 Å². The number of nitrogens with zero attached hydrogens (tertiary/aromatic N) is 5. The van der Waals surface area contributed by atoms with Crippen LogP contribution in [0.25, 0.3) is 22.7 Å². The van der Waals surface area contributed by atoms with Crippen molar-refractivity contribution < 1.29 is 23.8 Å². The maximum Gasteiger partial charge on any atom is 0.337 e. The van der Waals surface area contributed by atoms with Gasteiger partial charge in [0.05, 0.1) is 25.0 Å². The lowest BCUT2D eigenvalue weighted by atomic mass is 10.1. The Morgan fingerprint density at radius 1 is 1.07 bits per heavy atom. The molecule has 0 amide bonds. The van der Waals surface area contributed by atoms with Crippen molar-refractivity contribution in [3.8, 4) is 28.5 Å². The molecule has 2 aromatic heterocycles. The third-order valence-electron chi connectivity index (χ3n) is 7.21. The summed E-state index contributed by atoms with van der Waals surface area (Å²) in [5.74, 6) is 0.485. The number of ether oxygens (including phenoxy) is 2. The van der Waals surface area contributed by atoms with Crippen LogP contribution in [0.15, 0.2) is 53.1 Å². The summed E-state index contributed by atoms with van der Waals surface area (Å²) in [5, 5.41) is 16.3. The fraction of sp³-hybridized carbons (Fsp3) is 0.355. The van der Waals surface area contributed by atoms with Crippen molar-refractivity contribution in [3.05, 3.63) is 59.8 Å². The molecule has 4 aromatic rings. The minimum atomic E-state index is -0.994. The number of aromatic carboxylic acids is 1. The molecule has 0 bridgehead atoms. The monoisotopic (exact) mass is 587 g/mol. The molecule has 2 aromatic carbocycles. The number of nitrogens with one attached hydrogen (secondary N) is 2. The molecule has 3 heterocycles. The number of hydrogen-bond donors (Lipinski definition) is 3. The normalized spacial score (nSPS) is 13.6. The Morgan fingerprint density at radius 3 is 2.60 bits per heavy atom. The second-order valence-electron chi connectivity index (χ2n) is 10.2. The summed E-state index contributed by atoms with van der Waals surface area (Å²) in [5.41, 5.74) is 4.45. The number of anilines is 4. The first-order valence-corrected chi connectivity index (χ1v) is 14.2. The molecule has 1 saturated heterocycles. The summed E-state index contributed by atoms with van der Waals surface area (Å²) in [6.07, 6.45) is 1.62. The number of piperazine rings is 1. The highest BCUT2D eigenvalue weighted by Gasteiger charge is 2.23. The Morgan fingerprint density at radius 2 is 1.88 bits per heavy atom. The number of carbonyl (C=O) groups is 1. The highest BCUT2D eigenvalue weighted by molar-refractivity contribution is 5.96. The smallest absolute Gasteiger partial charge is 0.337 e. The summed E-state index contributed by atoms with van der Waals surface area (Å²) in [6.45, 7) is 9.30. The zero-order valence-electron chi connectivity index (χ0n) is 24.9. The molecular formula is C31H37N7O5. The minimum Gasteiger partial charge on any atom is -0.497 e. The van der Waals surface area contributed by atoms with Gasteiger partial charge < -0.3 is 34.5 Å². The maximum absolute atomic E-state index is 12.3. The van der Waals surface area contributed by atoms with Crippen molar-refractivity contribution in [2.45, 2.75) is 13.8 Å². The predicted octanol–water partition coefficient (Wildman–Crippen LogP) is 4.76. The lowest BCUT2D eigenvalue weighted by molar-refractivity contribution is 0.0697. The van der Waals surface area contributed by atoms with Crippen LogP contribution in [0.1, 0.15) is 22.8 Å². The molecule has 0 saturated carbocycles. The molecule has 1 aliphatic heterocycles. The number of oxazole rings is 1. The molecule has 0 aliphatic carbocycles.